The summed E-state index contributed by atoms with van der Waals surface area (Å²) in [6.07, 6.45) is 0. The lowest BCUT2D eigenvalue weighted by Gasteiger charge is -2.13. The van der Waals surface area contributed by atoms with Crippen LogP contribution in [0.3, 0.4) is 0 Å². The molecule has 0 heterocycles. The molecule has 2 amide bonds. The molecule has 96 valence electrons. The van der Waals surface area contributed by atoms with Crippen LogP contribution in [0, 0.1) is 20.8 Å². The minimum absolute atomic E-state index is 0.241. The van der Waals surface area contributed by atoms with E-state index >= 15 is 0 Å². The van der Waals surface area contributed by atoms with E-state index in [2.05, 4.69) is 10.3 Å². The predicted octanol–water partition coefficient (Wildman–Crippen LogP) is 2.04. The van der Waals surface area contributed by atoms with E-state index in [-0.39, 0.29) is 11.8 Å². The smallest absolute Gasteiger partial charge is 0.244 e. The number of carbonyl (C=O) groups excluding carboxylic acids is 2. The maximum Gasteiger partial charge on any atom is 0.244 e. The predicted molar refractivity (Wildman–Crippen MR) is 71.7 cm³/mol. The molecule has 0 fully saturated rings. The summed E-state index contributed by atoms with van der Waals surface area (Å²) in [6, 6.07) is 4.00. The fraction of sp³-hybridized carbons (Fsp3) is 0.357. The molecule has 0 saturated heterocycles. The molecule has 18 heavy (non-hydrogen) atoms. The van der Waals surface area contributed by atoms with Crippen molar-refractivity contribution in [2.75, 3.05) is 0 Å². The summed E-state index contributed by atoms with van der Waals surface area (Å²) in [4.78, 5) is 26.2. The second-order valence-corrected chi connectivity index (χ2v) is 4.43. The maximum absolute atomic E-state index is 11.2. The summed E-state index contributed by atoms with van der Waals surface area (Å²) < 4.78 is 0. The second-order valence-electron chi connectivity index (χ2n) is 4.43. The van der Waals surface area contributed by atoms with Gasteiger partial charge < -0.3 is 5.32 Å². The van der Waals surface area contributed by atoms with Gasteiger partial charge in [0.1, 0.15) is 5.84 Å². The molecule has 0 atom stereocenters. The number of carbonyl (C=O) groups is 2. The van der Waals surface area contributed by atoms with Crippen molar-refractivity contribution < 1.29 is 9.59 Å². The van der Waals surface area contributed by atoms with Gasteiger partial charge in [-0.05, 0) is 31.9 Å². The third-order valence-electron chi connectivity index (χ3n) is 2.48. The van der Waals surface area contributed by atoms with Crippen molar-refractivity contribution >= 4 is 17.6 Å². The van der Waals surface area contributed by atoms with Crippen LogP contribution in [0.4, 0.5) is 0 Å². The van der Waals surface area contributed by atoms with Crippen LogP contribution in [0.5, 0.6) is 0 Å². The molecule has 1 aromatic rings. The minimum atomic E-state index is -0.335. The Hall–Kier alpha value is -1.97. The Morgan fingerprint density at radius 3 is 1.94 bits per heavy atom. The lowest BCUT2D eigenvalue weighted by atomic mass is 9.99. The summed E-state index contributed by atoms with van der Waals surface area (Å²) >= 11 is 0. The van der Waals surface area contributed by atoms with Crippen LogP contribution in [0.25, 0.3) is 0 Å². The highest BCUT2D eigenvalue weighted by atomic mass is 16.2. The van der Waals surface area contributed by atoms with Crippen molar-refractivity contribution in [3.05, 3.63) is 34.4 Å². The Kier molecular flexibility index (Phi) is 4.37. The fourth-order valence-corrected chi connectivity index (χ4v) is 2.02. The van der Waals surface area contributed by atoms with Gasteiger partial charge >= 0.3 is 0 Å². The number of hydrogen-bond acceptors (Lipinski definition) is 2. The molecule has 0 aliphatic rings. The minimum Gasteiger partial charge on any atom is -0.310 e. The third-order valence-corrected chi connectivity index (χ3v) is 2.48. The van der Waals surface area contributed by atoms with Crippen molar-refractivity contribution in [2.24, 2.45) is 4.99 Å². The van der Waals surface area contributed by atoms with Crippen molar-refractivity contribution in [1.82, 2.24) is 5.32 Å². The number of benzene rings is 1. The topological polar surface area (TPSA) is 58.5 Å². The van der Waals surface area contributed by atoms with E-state index in [9.17, 15) is 9.59 Å². The van der Waals surface area contributed by atoms with Crippen LogP contribution in [-0.2, 0) is 9.59 Å². The zero-order valence-corrected chi connectivity index (χ0v) is 11.4. The average molecular weight is 246 g/mol. The first kappa shape index (κ1) is 14.1. The second kappa shape index (κ2) is 5.58. The number of aryl methyl sites for hydroxylation is 3. The van der Waals surface area contributed by atoms with Gasteiger partial charge in [-0.15, -0.1) is 0 Å². The molecule has 4 heteroatoms. The normalized spacial score (nSPS) is 11.3. The molecule has 0 aromatic heterocycles. The largest absolute Gasteiger partial charge is 0.310 e. The van der Waals surface area contributed by atoms with Gasteiger partial charge in [0.25, 0.3) is 0 Å². The molecule has 0 aliphatic heterocycles. The number of nitrogens with zero attached hydrogens (tertiary/aromatic N) is 1. The lowest BCUT2D eigenvalue weighted by Crippen LogP contribution is -2.31. The Labute approximate surface area is 107 Å². The Morgan fingerprint density at radius 2 is 1.56 bits per heavy atom. The zero-order chi connectivity index (χ0) is 13.9. The monoisotopic (exact) mass is 246 g/mol. The van der Waals surface area contributed by atoms with Crippen molar-refractivity contribution in [2.45, 2.75) is 34.6 Å². The van der Waals surface area contributed by atoms with Crippen LogP contribution in [0.2, 0.25) is 0 Å². The van der Waals surface area contributed by atoms with Crippen molar-refractivity contribution in [1.29, 1.82) is 0 Å². The van der Waals surface area contributed by atoms with Gasteiger partial charge in [0.05, 0.1) is 0 Å². The quantitative estimate of drug-likeness (QED) is 0.609. The Bertz CT molecular complexity index is 508. The molecule has 0 unspecified atom stereocenters. The van der Waals surface area contributed by atoms with Crippen LogP contribution in [0.15, 0.2) is 17.1 Å². The summed E-state index contributed by atoms with van der Waals surface area (Å²) in [5.41, 5.74) is 3.92. The SMILES string of the molecule is CC(=O)N=C(NC(C)=O)c1c(C)cc(C)cc1C. The number of amidine groups is 1. The van der Waals surface area contributed by atoms with Gasteiger partial charge in [0.2, 0.25) is 11.8 Å². The van der Waals surface area contributed by atoms with E-state index in [1.807, 2.05) is 32.9 Å². The summed E-state index contributed by atoms with van der Waals surface area (Å²) in [5.74, 6) is -0.252. The average Bonchev–Trinajstić information content (AvgIpc) is 2.12. The molecule has 1 aromatic carbocycles. The lowest BCUT2D eigenvalue weighted by molar-refractivity contribution is -0.117. The highest BCUT2D eigenvalue weighted by molar-refractivity contribution is 6.12. The van der Waals surface area contributed by atoms with Crippen LogP contribution >= 0.6 is 0 Å². The van der Waals surface area contributed by atoms with Gasteiger partial charge in [-0.2, -0.15) is 4.99 Å². The zero-order valence-electron chi connectivity index (χ0n) is 11.4. The first-order chi connectivity index (χ1) is 8.31. The third kappa shape index (κ3) is 3.52. The van der Waals surface area contributed by atoms with E-state index in [0.717, 1.165) is 22.3 Å². The van der Waals surface area contributed by atoms with E-state index in [4.69, 9.17) is 0 Å². The highest BCUT2D eigenvalue weighted by Gasteiger charge is 2.13. The number of hydrogen-bond donors (Lipinski definition) is 1. The van der Waals surface area contributed by atoms with Crippen LogP contribution in [0.1, 0.15) is 36.1 Å². The van der Waals surface area contributed by atoms with E-state index < -0.39 is 0 Å². The number of nitrogens with one attached hydrogen (secondary N) is 1. The van der Waals surface area contributed by atoms with E-state index in [1.165, 1.54) is 13.8 Å². The van der Waals surface area contributed by atoms with Gasteiger partial charge in [0, 0.05) is 19.4 Å². The first-order valence-electron chi connectivity index (χ1n) is 5.76. The van der Waals surface area contributed by atoms with E-state index in [1.54, 1.807) is 0 Å². The molecule has 0 bridgehead atoms. The van der Waals surface area contributed by atoms with Crippen LogP contribution in [-0.4, -0.2) is 17.6 Å². The Balaban J connectivity index is 3.38. The van der Waals surface area contributed by atoms with Crippen LogP contribution < -0.4 is 5.32 Å². The molecular formula is C14H18N2O2. The molecule has 0 aliphatic carbocycles. The summed E-state index contributed by atoms with van der Waals surface area (Å²) in [5, 5.41) is 2.62. The number of aliphatic imine (C=N–C) groups is 1. The first-order valence-corrected chi connectivity index (χ1v) is 5.76. The summed E-state index contributed by atoms with van der Waals surface area (Å²) in [7, 11) is 0. The molecule has 0 saturated carbocycles. The van der Waals surface area contributed by atoms with Crippen molar-refractivity contribution in [3.63, 3.8) is 0 Å². The fourth-order valence-electron chi connectivity index (χ4n) is 2.02. The van der Waals surface area contributed by atoms with Gasteiger partial charge in [0.15, 0.2) is 0 Å². The maximum atomic E-state index is 11.2. The Morgan fingerprint density at radius 1 is 1.06 bits per heavy atom. The molecular weight excluding hydrogens is 228 g/mol. The number of rotatable bonds is 1. The molecule has 1 N–H and O–H groups in total. The molecule has 1 rings (SSSR count). The standard InChI is InChI=1S/C14H18N2O2/c1-8-6-9(2)13(10(3)7-8)14(15-11(4)17)16-12(5)18/h6-7H,1-5H3,(H,15,16,17,18). The van der Waals surface area contributed by atoms with E-state index in [0.29, 0.717) is 5.84 Å². The van der Waals surface area contributed by atoms with Gasteiger partial charge in [-0.25, -0.2) is 0 Å². The summed E-state index contributed by atoms with van der Waals surface area (Å²) in [6.45, 7) is 8.64. The molecule has 4 nitrogen and oxygen atoms in total. The highest BCUT2D eigenvalue weighted by Crippen LogP contribution is 2.16. The van der Waals surface area contributed by atoms with Gasteiger partial charge in [-0.3, -0.25) is 9.59 Å². The molecule has 0 spiro atoms. The van der Waals surface area contributed by atoms with Gasteiger partial charge in [-0.1, -0.05) is 17.7 Å². The number of amides is 2. The molecule has 0 radical (unpaired) electrons. The van der Waals surface area contributed by atoms with Crippen molar-refractivity contribution in [3.8, 4) is 0 Å².